The van der Waals surface area contributed by atoms with Gasteiger partial charge in [0.2, 0.25) is 6.79 Å². The second kappa shape index (κ2) is 11.4. The summed E-state index contributed by atoms with van der Waals surface area (Å²) in [7, 11) is 0. The number of benzene rings is 3. The second-order valence-electron chi connectivity index (χ2n) is 8.31. The van der Waals surface area contributed by atoms with Gasteiger partial charge in [0.1, 0.15) is 0 Å². The first kappa shape index (κ1) is 24.7. The number of nitrogens with zero attached hydrogens (tertiary/aromatic N) is 2. The van der Waals surface area contributed by atoms with Crippen molar-refractivity contribution in [2.45, 2.75) is 6.54 Å². The van der Waals surface area contributed by atoms with Crippen LogP contribution in [0, 0.1) is 0 Å². The van der Waals surface area contributed by atoms with Crippen LogP contribution in [0.15, 0.2) is 72.8 Å². The SMILES string of the molecule is O=C(O)C(=O)O.O=C(c1ccc(-c2ccccc2)cc1)N1CCN(Cc2ccc3c(c2)OCO3)CC1. The number of carbonyl (C=O) groups is 3. The van der Waals surface area contributed by atoms with Gasteiger partial charge in [0.15, 0.2) is 11.5 Å². The quantitative estimate of drug-likeness (QED) is 0.536. The topological polar surface area (TPSA) is 117 Å². The van der Waals surface area contributed by atoms with Crippen LogP contribution in [0.5, 0.6) is 11.5 Å². The maximum absolute atomic E-state index is 12.9. The molecular weight excluding hydrogens is 464 g/mol. The van der Waals surface area contributed by atoms with Gasteiger partial charge in [0.05, 0.1) is 0 Å². The highest BCUT2D eigenvalue weighted by Gasteiger charge is 2.23. The van der Waals surface area contributed by atoms with Crippen molar-refractivity contribution < 1.29 is 34.1 Å². The fraction of sp³-hybridized carbons (Fsp3) is 0.222. The van der Waals surface area contributed by atoms with Crippen molar-refractivity contribution in [2.24, 2.45) is 0 Å². The average Bonchev–Trinajstić information content (AvgIpc) is 3.38. The Morgan fingerprint density at radius 3 is 1.97 bits per heavy atom. The van der Waals surface area contributed by atoms with E-state index in [-0.39, 0.29) is 5.91 Å². The molecule has 5 rings (SSSR count). The number of aliphatic carboxylic acids is 2. The minimum absolute atomic E-state index is 0.109. The highest BCUT2D eigenvalue weighted by Crippen LogP contribution is 2.33. The number of hydrogen-bond acceptors (Lipinski definition) is 6. The molecule has 3 aromatic rings. The largest absolute Gasteiger partial charge is 0.473 e. The third kappa shape index (κ3) is 6.19. The van der Waals surface area contributed by atoms with E-state index in [0.717, 1.165) is 60.9 Å². The van der Waals surface area contributed by atoms with Crippen LogP contribution in [-0.4, -0.2) is 70.8 Å². The highest BCUT2D eigenvalue weighted by atomic mass is 16.7. The van der Waals surface area contributed by atoms with E-state index in [1.165, 1.54) is 5.56 Å². The Labute approximate surface area is 208 Å². The van der Waals surface area contributed by atoms with Gasteiger partial charge < -0.3 is 24.6 Å². The minimum Gasteiger partial charge on any atom is -0.473 e. The molecule has 36 heavy (non-hydrogen) atoms. The van der Waals surface area contributed by atoms with Crippen molar-refractivity contribution in [3.05, 3.63) is 83.9 Å². The van der Waals surface area contributed by atoms with E-state index in [1.54, 1.807) is 0 Å². The normalized spacial score (nSPS) is 14.5. The van der Waals surface area contributed by atoms with E-state index >= 15 is 0 Å². The van der Waals surface area contributed by atoms with Crippen molar-refractivity contribution >= 4 is 17.8 Å². The van der Waals surface area contributed by atoms with Crippen molar-refractivity contribution in [1.29, 1.82) is 0 Å². The van der Waals surface area contributed by atoms with Crippen molar-refractivity contribution in [3.8, 4) is 22.6 Å². The van der Waals surface area contributed by atoms with Gasteiger partial charge in [-0.3, -0.25) is 9.69 Å². The maximum atomic E-state index is 12.9. The molecule has 0 radical (unpaired) electrons. The molecular formula is C27H26N2O7. The molecule has 9 nitrogen and oxygen atoms in total. The molecule has 0 unspecified atom stereocenters. The van der Waals surface area contributed by atoms with E-state index in [4.69, 9.17) is 29.3 Å². The number of fused-ring (bicyclic) bond motifs is 1. The molecule has 0 spiro atoms. The summed E-state index contributed by atoms with van der Waals surface area (Å²) in [5.74, 6) is -1.91. The first-order chi connectivity index (χ1) is 17.4. The lowest BCUT2D eigenvalue weighted by molar-refractivity contribution is -0.159. The van der Waals surface area contributed by atoms with Gasteiger partial charge in [-0.15, -0.1) is 0 Å². The highest BCUT2D eigenvalue weighted by molar-refractivity contribution is 6.27. The summed E-state index contributed by atoms with van der Waals surface area (Å²) in [6, 6.07) is 24.2. The fourth-order valence-corrected chi connectivity index (χ4v) is 4.03. The van der Waals surface area contributed by atoms with Gasteiger partial charge in [-0.25, -0.2) is 9.59 Å². The smallest absolute Gasteiger partial charge is 0.414 e. The van der Waals surface area contributed by atoms with E-state index in [1.807, 2.05) is 59.5 Å². The molecule has 1 amide bonds. The summed E-state index contributed by atoms with van der Waals surface area (Å²) in [5, 5.41) is 14.8. The second-order valence-corrected chi connectivity index (χ2v) is 8.31. The summed E-state index contributed by atoms with van der Waals surface area (Å²) < 4.78 is 10.8. The van der Waals surface area contributed by atoms with Crippen LogP contribution >= 0.6 is 0 Å². The monoisotopic (exact) mass is 490 g/mol. The third-order valence-electron chi connectivity index (χ3n) is 5.92. The Hall–Kier alpha value is -4.37. The van der Waals surface area contributed by atoms with Crippen molar-refractivity contribution in [3.63, 3.8) is 0 Å². The number of amides is 1. The van der Waals surface area contributed by atoms with E-state index < -0.39 is 11.9 Å². The van der Waals surface area contributed by atoms with Crippen LogP contribution in [0.1, 0.15) is 15.9 Å². The number of rotatable bonds is 4. The molecule has 0 atom stereocenters. The lowest BCUT2D eigenvalue weighted by Gasteiger charge is -2.34. The van der Waals surface area contributed by atoms with E-state index in [2.05, 4.69) is 23.1 Å². The first-order valence-corrected chi connectivity index (χ1v) is 11.4. The van der Waals surface area contributed by atoms with Crippen LogP contribution in [0.3, 0.4) is 0 Å². The lowest BCUT2D eigenvalue weighted by Crippen LogP contribution is -2.48. The standard InChI is InChI=1S/C25H24N2O3.C2H2O4/c28-25(22-9-7-21(8-10-22)20-4-2-1-3-5-20)27-14-12-26(13-15-27)17-19-6-11-23-24(16-19)30-18-29-23;3-1(4)2(5)6/h1-11,16H,12-15,17-18H2;(H,3,4)(H,5,6). The van der Waals surface area contributed by atoms with Gasteiger partial charge in [0, 0.05) is 38.3 Å². The Morgan fingerprint density at radius 1 is 0.722 bits per heavy atom. The zero-order valence-electron chi connectivity index (χ0n) is 19.5. The summed E-state index contributed by atoms with van der Waals surface area (Å²) >= 11 is 0. The molecule has 2 aliphatic heterocycles. The molecule has 2 aliphatic rings. The Kier molecular flexibility index (Phi) is 7.82. The van der Waals surface area contributed by atoms with Gasteiger partial charge >= 0.3 is 11.9 Å². The van der Waals surface area contributed by atoms with Crippen LogP contribution in [0.4, 0.5) is 0 Å². The van der Waals surface area contributed by atoms with Gasteiger partial charge in [-0.2, -0.15) is 0 Å². The lowest BCUT2D eigenvalue weighted by atomic mass is 10.0. The molecule has 9 heteroatoms. The molecule has 2 heterocycles. The predicted molar refractivity (Wildman–Crippen MR) is 131 cm³/mol. The molecule has 1 saturated heterocycles. The minimum atomic E-state index is -1.82. The summed E-state index contributed by atoms with van der Waals surface area (Å²) in [6.45, 7) is 4.36. The maximum Gasteiger partial charge on any atom is 0.414 e. The van der Waals surface area contributed by atoms with Crippen LogP contribution in [0.2, 0.25) is 0 Å². The zero-order chi connectivity index (χ0) is 25.5. The Bertz CT molecular complexity index is 1210. The van der Waals surface area contributed by atoms with Gasteiger partial charge in [-0.1, -0.05) is 48.5 Å². The fourth-order valence-electron chi connectivity index (χ4n) is 4.03. The molecule has 186 valence electrons. The number of carbonyl (C=O) groups excluding carboxylic acids is 1. The molecule has 0 aliphatic carbocycles. The molecule has 2 N–H and O–H groups in total. The number of ether oxygens (including phenoxy) is 2. The third-order valence-corrected chi connectivity index (χ3v) is 5.92. The number of carboxylic acids is 2. The first-order valence-electron chi connectivity index (χ1n) is 11.4. The van der Waals surface area contributed by atoms with Crippen LogP contribution in [-0.2, 0) is 16.1 Å². The van der Waals surface area contributed by atoms with Gasteiger partial charge in [-0.05, 0) is 41.0 Å². The average molecular weight is 491 g/mol. The number of piperazine rings is 1. The Balaban J connectivity index is 0.000000455. The van der Waals surface area contributed by atoms with E-state index in [0.29, 0.717) is 6.79 Å². The van der Waals surface area contributed by atoms with E-state index in [9.17, 15) is 4.79 Å². The zero-order valence-corrected chi connectivity index (χ0v) is 19.5. The molecule has 3 aromatic carbocycles. The summed E-state index contributed by atoms with van der Waals surface area (Å²) in [6.07, 6.45) is 0. The van der Waals surface area contributed by atoms with Crippen molar-refractivity contribution in [2.75, 3.05) is 33.0 Å². The number of hydrogen-bond donors (Lipinski definition) is 2. The predicted octanol–water partition coefficient (Wildman–Crippen LogP) is 3.20. The summed E-state index contributed by atoms with van der Waals surface area (Å²) in [5.41, 5.74) is 4.24. The van der Waals surface area contributed by atoms with Crippen LogP contribution in [0.25, 0.3) is 11.1 Å². The molecule has 0 aromatic heterocycles. The molecule has 0 bridgehead atoms. The van der Waals surface area contributed by atoms with Crippen LogP contribution < -0.4 is 9.47 Å². The Morgan fingerprint density at radius 2 is 1.33 bits per heavy atom. The van der Waals surface area contributed by atoms with Crippen molar-refractivity contribution in [1.82, 2.24) is 9.80 Å². The van der Waals surface area contributed by atoms with Gasteiger partial charge in [0.25, 0.3) is 5.91 Å². The molecule has 1 fully saturated rings. The number of carboxylic acid groups (broad SMARTS) is 2. The summed E-state index contributed by atoms with van der Waals surface area (Å²) in [4.78, 5) is 35.4. The molecule has 0 saturated carbocycles.